The maximum atomic E-state index is 12.7. The molecular weight excluding hydrogens is 155 g/mol. The smallest absolute Gasteiger partial charge is 0.129 e. The van der Waals surface area contributed by atoms with Crippen LogP contribution < -0.4 is 5.32 Å². The standard InChI is InChI=1S/C6H13FN2.ClH/c1-9(2)6-4-8-3-5(6)7;/h5-6,8H,3-4H2,1-2H3;1H. The molecule has 0 aromatic heterocycles. The first-order valence-electron chi connectivity index (χ1n) is 3.23. The van der Waals surface area contributed by atoms with E-state index in [-0.39, 0.29) is 18.4 Å². The average Bonchev–Trinajstić information content (AvgIpc) is 2.13. The van der Waals surface area contributed by atoms with Crippen molar-refractivity contribution in [1.82, 2.24) is 10.2 Å². The lowest BCUT2D eigenvalue weighted by molar-refractivity contribution is 0.202. The van der Waals surface area contributed by atoms with Gasteiger partial charge in [0, 0.05) is 13.1 Å². The number of likely N-dealkylation sites (N-methyl/N-ethyl adjacent to an activating group) is 1. The molecule has 0 bridgehead atoms. The van der Waals surface area contributed by atoms with E-state index in [4.69, 9.17) is 0 Å². The molecule has 2 nitrogen and oxygen atoms in total. The molecule has 62 valence electrons. The van der Waals surface area contributed by atoms with Crippen LogP contribution in [0.25, 0.3) is 0 Å². The molecule has 2 unspecified atom stereocenters. The Balaban J connectivity index is 0.000000810. The minimum absolute atomic E-state index is 0. The van der Waals surface area contributed by atoms with Crippen molar-refractivity contribution in [2.75, 3.05) is 27.2 Å². The first-order valence-corrected chi connectivity index (χ1v) is 3.23. The second kappa shape index (κ2) is 4.11. The van der Waals surface area contributed by atoms with Crippen LogP contribution in [-0.2, 0) is 0 Å². The van der Waals surface area contributed by atoms with Gasteiger partial charge in [-0.05, 0) is 14.1 Å². The van der Waals surface area contributed by atoms with Gasteiger partial charge >= 0.3 is 0 Å². The third-order valence-electron chi connectivity index (χ3n) is 1.77. The van der Waals surface area contributed by atoms with E-state index in [0.29, 0.717) is 6.54 Å². The Morgan fingerprint density at radius 3 is 2.20 bits per heavy atom. The normalized spacial score (nSPS) is 32.4. The summed E-state index contributed by atoms with van der Waals surface area (Å²) in [5, 5.41) is 2.99. The molecular formula is C6H14ClFN2. The fraction of sp³-hybridized carbons (Fsp3) is 1.00. The minimum atomic E-state index is -0.681. The predicted octanol–water partition coefficient (Wildman–Crippen LogP) is 0.280. The molecule has 0 amide bonds. The zero-order valence-electron chi connectivity index (χ0n) is 6.30. The van der Waals surface area contributed by atoms with E-state index < -0.39 is 6.17 Å². The van der Waals surface area contributed by atoms with Crippen LogP contribution in [-0.4, -0.2) is 44.3 Å². The van der Waals surface area contributed by atoms with Crippen molar-refractivity contribution in [3.05, 3.63) is 0 Å². The molecule has 0 aromatic carbocycles. The van der Waals surface area contributed by atoms with E-state index in [1.54, 1.807) is 0 Å². The Labute approximate surface area is 67.2 Å². The third-order valence-corrected chi connectivity index (χ3v) is 1.77. The highest BCUT2D eigenvalue weighted by atomic mass is 35.5. The van der Waals surface area contributed by atoms with Crippen LogP contribution in [0.3, 0.4) is 0 Å². The molecule has 0 aromatic rings. The summed E-state index contributed by atoms with van der Waals surface area (Å²) in [6.07, 6.45) is -0.681. The number of hydrogen-bond acceptors (Lipinski definition) is 2. The van der Waals surface area contributed by atoms with Crippen LogP contribution in [0.5, 0.6) is 0 Å². The SMILES string of the molecule is CN(C)C1CNCC1F.Cl. The molecule has 1 rings (SSSR count). The lowest BCUT2D eigenvalue weighted by Crippen LogP contribution is -2.35. The summed E-state index contributed by atoms with van der Waals surface area (Å²) in [5.74, 6) is 0. The number of hydrogen-bond donors (Lipinski definition) is 1. The summed E-state index contributed by atoms with van der Waals surface area (Å²) >= 11 is 0. The average molecular weight is 169 g/mol. The molecule has 10 heavy (non-hydrogen) atoms. The number of halogens is 2. The third kappa shape index (κ3) is 2.08. The highest BCUT2D eigenvalue weighted by molar-refractivity contribution is 5.85. The van der Waals surface area contributed by atoms with Crippen molar-refractivity contribution in [1.29, 1.82) is 0 Å². The van der Waals surface area contributed by atoms with Gasteiger partial charge in [-0.3, -0.25) is 0 Å². The van der Waals surface area contributed by atoms with Crippen molar-refractivity contribution >= 4 is 12.4 Å². The van der Waals surface area contributed by atoms with Gasteiger partial charge in [-0.2, -0.15) is 0 Å². The first-order chi connectivity index (χ1) is 4.22. The summed E-state index contributed by atoms with van der Waals surface area (Å²) in [6.45, 7) is 1.30. The first kappa shape index (κ1) is 10.1. The number of nitrogens with one attached hydrogen (secondary N) is 1. The summed E-state index contributed by atoms with van der Waals surface area (Å²) in [4.78, 5) is 1.92. The monoisotopic (exact) mass is 168 g/mol. The molecule has 0 spiro atoms. The molecule has 0 radical (unpaired) electrons. The van der Waals surface area contributed by atoms with E-state index in [1.165, 1.54) is 0 Å². The van der Waals surface area contributed by atoms with Gasteiger partial charge in [0.15, 0.2) is 0 Å². The lowest BCUT2D eigenvalue weighted by Gasteiger charge is -2.19. The molecule has 1 saturated heterocycles. The lowest BCUT2D eigenvalue weighted by atomic mass is 10.2. The molecule has 4 heteroatoms. The van der Waals surface area contributed by atoms with Gasteiger partial charge in [-0.15, -0.1) is 12.4 Å². The van der Waals surface area contributed by atoms with Crippen molar-refractivity contribution in [2.24, 2.45) is 0 Å². The van der Waals surface area contributed by atoms with Crippen molar-refractivity contribution in [2.45, 2.75) is 12.2 Å². The molecule has 1 aliphatic rings. The maximum Gasteiger partial charge on any atom is 0.129 e. The van der Waals surface area contributed by atoms with E-state index in [9.17, 15) is 4.39 Å². The van der Waals surface area contributed by atoms with Gasteiger partial charge in [0.05, 0.1) is 6.04 Å². The zero-order chi connectivity index (χ0) is 6.85. The zero-order valence-corrected chi connectivity index (χ0v) is 7.12. The summed E-state index contributed by atoms with van der Waals surface area (Å²) < 4.78 is 12.7. The number of alkyl halides is 1. The molecule has 0 saturated carbocycles. The molecule has 2 atom stereocenters. The van der Waals surface area contributed by atoms with Crippen molar-refractivity contribution < 1.29 is 4.39 Å². The van der Waals surface area contributed by atoms with Gasteiger partial charge in [-0.25, -0.2) is 4.39 Å². The van der Waals surface area contributed by atoms with E-state index in [2.05, 4.69) is 5.32 Å². The number of rotatable bonds is 1. The molecule has 0 aliphatic carbocycles. The second-order valence-corrected chi connectivity index (χ2v) is 2.71. The Morgan fingerprint density at radius 1 is 1.40 bits per heavy atom. The van der Waals surface area contributed by atoms with Crippen LogP contribution in [0.15, 0.2) is 0 Å². The largest absolute Gasteiger partial charge is 0.312 e. The quantitative estimate of drug-likeness (QED) is 0.605. The minimum Gasteiger partial charge on any atom is -0.312 e. The van der Waals surface area contributed by atoms with Crippen LogP contribution in [0.4, 0.5) is 4.39 Å². The fourth-order valence-electron chi connectivity index (χ4n) is 1.14. The second-order valence-electron chi connectivity index (χ2n) is 2.71. The maximum absolute atomic E-state index is 12.7. The Hall–Kier alpha value is 0.140. The van der Waals surface area contributed by atoms with E-state index in [1.807, 2.05) is 19.0 Å². The highest BCUT2D eigenvalue weighted by Crippen LogP contribution is 2.08. The molecule has 1 fully saturated rings. The molecule has 1 N–H and O–H groups in total. The fourth-order valence-corrected chi connectivity index (χ4v) is 1.14. The van der Waals surface area contributed by atoms with Crippen LogP contribution in [0, 0.1) is 0 Å². The van der Waals surface area contributed by atoms with Gasteiger partial charge in [0.25, 0.3) is 0 Å². The highest BCUT2D eigenvalue weighted by Gasteiger charge is 2.27. The Kier molecular flexibility index (Phi) is 4.17. The van der Waals surface area contributed by atoms with E-state index >= 15 is 0 Å². The van der Waals surface area contributed by atoms with Crippen molar-refractivity contribution in [3.8, 4) is 0 Å². The van der Waals surface area contributed by atoms with Crippen LogP contribution >= 0.6 is 12.4 Å². The summed E-state index contributed by atoms with van der Waals surface area (Å²) in [5.41, 5.74) is 0. The van der Waals surface area contributed by atoms with Crippen LogP contribution in [0.2, 0.25) is 0 Å². The summed E-state index contributed by atoms with van der Waals surface area (Å²) in [7, 11) is 3.81. The molecule has 1 aliphatic heterocycles. The van der Waals surface area contributed by atoms with Gasteiger partial charge in [0.2, 0.25) is 0 Å². The summed E-state index contributed by atoms with van der Waals surface area (Å²) in [6, 6.07) is 0.0880. The van der Waals surface area contributed by atoms with Gasteiger partial charge < -0.3 is 10.2 Å². The predicted molar refractivity (Wildman–Crippen MR) is 42.5 cm³/mol. The Bertz CT molecular complexity index is 99.7. The molecule has 1 heterocycles. The van der Waals surface area contributed by atoms with E-state index in [0.717, 1.165) is 6.54 Å². The van der Waals surface area contributed by atoms with Crippen LogP contribution in [0.1, 0.15) is 0 Å². The number of nitrogens with zero attached hydrogens (tertiary/aromatic N) is 1. The van der Waals surface area contributed by atoms with Gasteiger partial charge in [-0.1, -0.05) is 0 Å². The van der Waals surface area contributed by atoms with Gasteiger partial charge in [0.1, 0.15) is 6.17 Å². The Morgan fingerprint density at radius 2 is 2.00 bits per heavy atom. The van der Waals surface area contributed by atoms with Crippen molar-refractivity contribution in [3.63, 3.8) is 0 Å². The topological polar surface area (TPSA) is 15.3 Å².